The standard InChI is InChI=1S/C11H17FN5O12P3/c12-10(30(20,21)22)31(23,24)29-32(25,26)27-2-5-4(18)1-6(28-5)17-3-14-7-8(17)15-11(13)16-9(7)19/h3-6,10,18H,1-2H2,(H,23,24)(H,25,26)(H2,20,21,22)(H3,13,15,16,19)/t4-,5+,6+,10-/m0/s1. The fourth-order valence-corrected chi connectivity index (χ4v) is 6.68. The number of hydrogen-bond acceptors (Lipinski definition) is 11. The highest BCUT2D eigenvalue weighted by Crippen LogP contribution is 2.70. The molecule has 180 valence electrons. The number of nitrogens with two attached hydrogens (primary N) is 1. The molecule has 0 spiro atoms. The molecule has 3 rings (SSSR count). The molecule has 3 heterocycles. The number of alkyl halides is 1. The number of nitrogen functional groups attached to an aromatic ring is 1. The Morgan fingerprint density at radius 2 is 2.00 bits per heavy atom. The van der Waals surface area contributed by atoms with Gasteiger partial charge >= 0.3 is 23.0 Å². The first-order valence-corrected chi connectivity index (χ1v) is 13.2. The van der Waals surface area contributed by atoms with Crippen LogP contribution in [0.2, 0.25) is 0 Å². The number of aromatic amines is 1. The molecule has 0 saturated carbocycles. The molecule has 0 radical (unpaired) electrons. The van der Waals surface area contributed by atoms with Gasteiger partial charge in [0, 0.05) is 6.42 Å². The number of aliphatic hydroxyl groups excluding tert-OH is 1. The number of rotatable bonds is 8. The minimum Gasteiger partial charge on any atom is -0.390 e. The Labute approximate surface area is 176 Å². The number of imidazole rings is 1. The summed E-state index contributed by atoms with van der Waals surface area (Å²) in [4.78, 5) is 57.8. The van der Waals surface area contributed by atoms with Gasteiger partial charge in [-0.3, -0.25) is 28.0 Å². The summed E-state index contributed by atoms with van der Waals surface area (Å²) in [5, 5.41) is 10.1. The number of fused-ring (bicyclic) bond motifs is 1. The highest BCUT2D eigenvalue weighted by atomic mass is 31.3. The third-order valence-corrected chi connectivity index (χ3v) is 9.24. The van der Waals surface area contributed by atoms with Crippen LogP contribution in [0.3, 0.4) is 0 Å². The van der Waals surface area contributed by atoms with Gasteiger partial charge in [0.05, 0.1) is 19.0 Å². The van der Waals surface area contributed by atoms with Gasteiger partial charge in [0.25, 0.3) is 11.2 Å². The van der Waals surface area contributed by atoms with Gasteiger partial charge in [-0.2, -0.15) is 4.98 Å². The highest BCUT2D eigenvalue weighted by Gasteiger charge is 2.51. The number of nitrogens with zero attached hydrogens (tertiary/aromatic N) is 3. The zero-order valence-corrected chi connectivity index (χ0v) is 18.2. The molecular weight excluding hydrogens is 506 g/mol. The van der Waals surface area contributed by atoms with E-state index in [1.807, 2.05) is 0 Å². The van der Waals surface area contributed by atoms with Crippen LogP contribution in [-0.4, -0.2) is 68.7 Å². The second kappa shape index (κ2) is 8.66. The summed E-state index contributed by atoms with van der Waals surface area (Å²) >= 11 is 0. The van der Waals surface area contributed by atoms with Gasteiger partial charge in [-0.25, -0.2) is 18.3 Å². The van der Waals surface area contributed by atoms with Gasteiger partial charge in [-0.1, -0.05) is 0 Å². The number of aliphatic hydroxyl groups is 1. The van der Waals surface area contributed by atoms with E-state index in [1.165, 1.54) is 10.9 Å². The minimum absolute atomic E-state index is 0.0221. The molecular formula is C11H17FN5O12P3. The quantitative estimate of drug-likeness (QED) is 0.207. The zero-order chi connectivity index (χ0) is 24.1. The van der Waals surface area contributed by atoms with E-state index < -0.39 is 59.3 Å². The third-order valence-electron chi connectivity index (χ3n) is 4.13. The van der Waals surface area contributed by atoms with E-state index in [0.29, 0.717) is 0 Å². The number of aromatic nitrogens is 4. The average molecular weight is 523 g/mol. The van der Waals surface area contributed by atoms with E-state index in [0.717, 1.165) is 0 Å². The average Bonchev–Trinajstić information content (AvgIpc) is 3.21. The fourth-order valence-electron chi connectivity index (χ4n) is 2.76. The first kappa shape index (κ1) is 25.1. The van der Waals surface area contributed by atoms with Crippen molar-refractivity contribution in [1.29, 1.82) is 0 Å². The van der Waals surface area contributed by atoms with Crippen molar-refractivity contribution in [3.8, 4) is 0 Å². The fraction of sp³-hybridized carbons (Fsp3) is 0.545. The molecule has 1 fully saturated rings. The van der Waals surface area contributed by atoms with E-state index >= 15 is 0 Å². The van der Waals surface area contributed by atoms with Crippen molar-refractivity contribution in [2.24, 2.45) is 0 Å². The summed E-state index contributed by atoms with van der Waals surface area (Å²) in [7, 11) is -17.2. The molecule has 0 aliphatic carbocycles. The molecule has 1 aliphatic rings. The maximum atomic E-state index is 13.4. The second-order valence-corrected chi connectivity index (χ2v) is 12.0. The normalized spacial score (nSPS) is 26.6. The minimum atomic E-state index is -5.93. The van der Waals surface area contributed by atoms with E-state index in [4.69, 9.17) is 20.3 Å². The van der Waals surface area contributed by atoms with Crippen LogP contribution in [0.5, 0.6) is 0 Å². The van der Waals surface area contributed by atoms with E-state index in [1.54, 1.807) is 0 Å². The first-order chi connectivity index (χ1) is 14.6. The number of H-pyrrole nitrogens is 1. The summed E-state index contributed by atoms with van der Waals surface area (Å²) in [6, 6.07) is 0. The van der Waals surface area contributed by atoms with Crippen molar-refractivity contribution in [2.75, 3.05) is 12.3 Å². The second-order valence-electron chi connectivity index (χ2n) is 6.52. The van der Waals surface area contributed by atoms with E-state index in [2.05, 4.69) is 23.8 Å². The Morgan fingerprint density at radius 3 is 2.62 bits per heavy atom. The van der Waals surface area contributed by atoms with Crippen LogP contribution >= 0.6 is 23.0 Å². The third kappa shape index (κ3) is 5.32. The van der Waals surface area contributed by atoms with Crippen molar-refractivity contribution < 1.29 is 56.3 Å². The smallest absolute Gasteiger partial charge is 0.390 e. The number of hydrogen-bond donors (Lipinski definition) is 7. The van der Waals surface area contributed by atoms with Gasteiger partial charge in [-0.05, 0) is 0 Å². The Hall–Kier alpha value is -1.55. The van der Waals surface area contributed by atoms with Crippen molar-refractivity contribution in [3.63, 3.8) is 0 Å². The number of halogens is 1. The summed E-state index contributed by atoms with van der Waals surface area (Å²) in [5.41, 5.74) is 1.03. The molecule has 2 unspecified atom stereocenters. The van der Waals surface area contributed by atoms with Crippen molar-refractivity contribution in [2.45, 2.75) is 30.5 Å². The Bertz CT molecular complexity index is 1210. The molecule has 1 aliphatic heterocycles. The Morgan fingerprint density at radius 1 is 1.34 bits per heavy atom. The van der Waals surface area contributed by atoms with Crippen molar-refractivity contribution in [3.05, 3.63) is 16.7 Å². The van der Waals surface area contributed by atoms with Gasteiger partial charge in [0.2, 0.25) is 5.95 Å². The molecule has 8 N–H and O–H groups in total. The van der Waals surface area contributed by atoms with E-state index in [9.17, 15) is 37.8 Å². The van der Waals surface area contributed by atoms with Gasteiger partial charge in [0.1, 0.15) is 12.3 Å². The van der Waals surface area contributed by atoms with Crippen LogP contribution in [0.15, 0.2) is 11.1 Å². The molecule has 21 heteroatoms. The topological polar surface area (TPSA) is 270 Å². The van der Waals surface area contributed by atoms with Crippen LogP contribution in [0, 0.1) is 0 Å². The molecule has 6 atom stereocenters. The molecule has 0 bridgehead atoms. The largest absolute Gasteiger partial charge is 0.479 e. The molecule has 2 aromatic heterocycles. The lowest BCUT2D eigenvalue weighted by molar-refractivity contribution is -0.0421. The number of ether oxygens (including phenoxy) is 1. The molecule has 0 aromatic carbocycles. The van der Waals surface area contributed by atoms with Gasteiger partial charge in [0.15, 0.2) is 11.2 Å². The summed E-state index contributed by atoms with van der Waals surface area (Å²) in [5.74, 6) is -0.212. The van der Waals surface area contributed by atoms with Crippen LogP contribution in [-0.2, 0) is 27.3 Å². The number of anilines is 1. The lowest BCUT2D eigenvalue weighted by Gasteiger charge is -2.21. The van der Waals surface area contributed by atoms with Gasteiger partial charge < -0.3 is 35.2 Å². The lowest BCUT2D eigenvalue weighted by Crippen LogP contribution is -2.26. The summed E-state index contributed by atoms with van der Waals surface area (Å²) in [6.07, 6.45) is -2.57. The van der Waals surface area contributed by atoms with E-state index in [-0.39, 0.29) is 23.5 Å². The maximum absolute atomic E-state index is 13.4. The Balaban J connectivity index is 1.68. The first-order valence-electron chi connectivity index (χ1n) is 8.37. The van der Waals surface area contributed by atoms with Crippen LogP contribution in [0.25, 0.3) is 11.2 Å². The molecule has 1 saturated heterocycles. The monoisotopic (exact) mass is 523 g/mol. The van der Waals surface area contributed by atoms with Crippen LogP contribution < -0.4 is 11.3 Å². The van der Waals surface area contributed by atoms with Crippen LogP contribution in [0.4, 0.5) is 10.3 Å². The lowest BCUT2D eigenvalue weighted by atomic mass is 10.2. The SMILES string of the molecule is Nc1nc2c(ncn2[C@H]2C[C@H](O)[C@@H](COP(=O)(O)OP(=O)(O)[C@@H](F)P(=O)(O)O)O2)c(=O)[nH]1. The highest BCUT2D eigenvalue weighted by molar-refractivity contribution is 7.74. The molecule has 0 amide bonds. The maximum Gasteiger partial charge on any atom is 0.479 e. The van der Waals surface area contributed by atoms with Crippen molar-refractivity contribution in [1.82, 2.24) is 19.5 Å². The number of phosphoric ester groups is 1. The molecule has 2 aromatic rings. The Kier molecular flexibility index (Phi) is 6.79. The predicted octanol–water partition coefficient (Wildman–Crippen LogP) is -0.900. The molecule has 32 heavy (non-hydrogen) atoms. The van der Waals surface area contributed by atoms with Crippen molar-refractivity contribution >= 4 is 40.1 Å². The molecule has 17 nitrogen and oxygen atoms in total. The summed E-state index contributed by atoms with van der Waals surface area (Å²) in [6.45, 7) is -0.916. The van der Waals surface area contributed by atoms with Gasteiger partial charge in [-0.15, -0.1) is 0 Å². The predicted molar refractivity (Wildman–Crippen MR) is 101 cm³/mol. The zero-order valence-electron chi connectivity index (χ0n) is 15.5. The number of phosphoric acid groups is 1. The summed E-state index contributed by atoms with van der Waals surface area (Å²) < 4.78 is 62.4. The number of nitrogens with one attached hydrogen (secondary N) is 1. The van der Waals surface area contributed by atoms with Crippen LogP contribution in [0.1, 0.15) is 12.6 Å².